The van der Waals surface area contributed by atoms with Crippen LogP contribution in [-0.2, 0) is 4.74 Å². The topological polar surface area (TPSA) is 39.2 Å². The van der Waals surface area contributed by atoms with Crippen LogP contribution in [0.2, 0.25) is 10.0 Å². The molecule has 0 bridgehead atoms. The van der Waals surface area contributed by atoms with Crippen LogP contribution in [0.15, 0.2) is 22.8 Å². The summed E-state index contributed by atoms with van der Waals surface area (Å²) in [4.78, 5) is 15.8. The molecule has 0 fully saturated rings. The lowest BCUT2D eigenvalue weighted by molar-refractivity contribution is 0.0526. The molecule has 0 amide bonds. The average molecular weight is 349 g/mol. The Hall–Kier alpha value is -0.840. The molecule has 1 heterocycles. The highest BCUT2D eigenvalue weighted by Gasteiger charge is 2.13. The molecule has 0 spiro atoms. The van der Waals surface area contributed by atoms with Gasteiger partial charge in [0, 0.05) is 11.6 Å². The third kappa shape index (κ3) is 2.46. The second kappa shape index (κ2) is 5.43. The third-order valence-corrected chi connectivity index (χ3v) is 4.30. The lowest BCUT2D eigenvalue weighted by Crippen LogP contribution is -2.05. The third-order valence-electron chi connectivity index (χ3n) is 2.33. The van der Waals surface area contributed by atoms with Crippen molar-refractivity contribution in [3.05, 3.63) is 38.4 Å². The number of hydrogen-bond acceptors (Lipinski definition) is 3. The Balaban J connectivity index is 2.61. The fourth-order valence-electron chi connectivity index (χ4n) is 1.50. The molecule has 0 aliphatic rings. The smallest absolute Gasteiger partial charge is 0.339 e. The van der Waals surface area contributed by atoms with Crippen molar-refractivity contribution in [2.75, 3.05) is 6.61 Å². The van der Waals surface area contributed by atoms with Gasteiger partial charge in [0.05, 0.1) is 32.2 Å². The van der Waals surface area contributed by atoms with Gasteiger partial charge in [0.1, 0.15) is 0 Å². The number of esters is 1. The van der Waals surface area contributed by atoms with Crippen LogP contribution in [0.4, 0.5) is 0 Å². The van der Waals surface area contributed by atoms with Crippen molar-refractivity contribution >= 4 is 56.0 Å². The van der Waals surface area contributed by atoms with Gasteiger partial charge in [-0.05, 0) is 35.0 Å². The van der Waals surface area contributed by atoms with Gasteiger partial charge < -0.3 is 4.74 Å². The van der Waals surface area contributed by atoms with Crippen molar-refractivity contribution in [1.82, 2.24) is 4.98 Å². The van der Waals surface area contributed by atoms with E-state index in [1.165, 1.54) is 6.20 Å². The van der Waals surface area contributed by atoms with Gasteiger partial charge >= 0.3 is 5.97 Å². The van der Waals surface area contributed by atoms with E-state index in [2.05, 4.69) is 20.9 Å². The van der Waals surface area contributed by atoms with E-state index < -0.39 is 5.97 Å². The molecule has 3 nitrogen and oxygen atoms in total. The maximum Gasteiger partial charge on any atom is 0.339 e. The minimum Gasteiger partial charge on any atom is -0.462 e. The first kappa shape index (κ1) is 13.6. The molecule has 94 valence electrons. The van der Waals surface area contributed by atoms with Crippen LogP contribution in [0, 0.1) is 0 Å². The van der Waals surface area contributed by atoms with E-state index in [4.69, 9.17) is 27.9 Å². The summed E-state index contributed by atoms with van der Waals surface area (Å²) in [6, 6.07) is 3.32. The van der Waals surface area contributed by atoms with E-state index in [0.717, 1.165) is 0 Å². The van der Waals surface area contributed by atoms with Gasteiger partial charge in [0.25, 0.3) is 0 Å². The number of aromatic nitrogens is 1. The monoisotopic (exact) mass is 347 g/mol. The number of fused-ring (bicyclic) bond motifs is 1. The van der Waals surface area contributed by atoms with Crippen molar-refractivity contribution in [1.29, 1.82) is 0 Å². The molecule has 18 heavy (non-hydrogen) atoms. The molecule has 0 unspecified atom stereocenters. The van der Waals surface area contributed by atoms with E-state index in [1.54, 1.807) is 19.1 Å². The Labute approximate surface area is 122 Å². The SMILES string of the molecule is CCOC(=O)c1cnc2cc(Cl)c(Br)c(Cl)c2c1. The molecule has 0 radical (unpaired) electrons. The first-order valence-electron chi connectivity index (χ1n) is 5.15. The van der Waals surface area contributed by atoms with Gasteiger partial charge in [-0.1, -0.05) is 23.2 Å². The van der Waals surface area contributed by atoms with Gasteiger partial charge in [-0.15, -0.1) is 0 Å². The summed E-state index contributed by atoms with van der Waals surface area (Å²) in [5.74, 6) is -0.422. The van der Waals surface area contributed by atoms with Gasteiger partial charge in [-0.2, -0.15) is 0 Å². The van der Waals surface area contributed by atoms with Crippen LogP contribution in [0.25, 0.3) is 10.9 Å². The van der Waals surface area contributed by atoms with Crippen LogP contribution in [0.3, 0.4) is 0 Å². The minimum atomic E-state index is -0.422. The number of halogens is 3. The zero-order valence-electron chi connectivity index (χ0n) is 9.34. The van der Waals surface area contributed by atoms with Crippen molar-refractivity contribution < 1.29 is 9.53 Å². The number of pyridine rings is 1. The van der Waals surface area contributed by atoms with E-state index in [1.807, 2.05) is 0 Å². The fourth-order valence-corrected chi connectivity index (χ4v) is 2.33. The lowest BCUT2D eigenvalue weighted by atomic mass is 10.1. The first-order chi connectivity index (χ1) is 8.54. The second-order valence-corrected chi connectivity index (χ2v) is 5.08. The van der Waals surface area contributed by atoms with Crippen molar-refractivity contribution in [3.8, 4) is 0 Å². The number of carbonyl (C=O) groups excluding carboxylic acids is 1. The first-order valence-corrected chi connectivity index (χ1v) is 6.70. The number of ether oxygens (including phenoxy) is 1. The Morgan fingerprint density at radius 1 is 1.44 bits per heavy atom. The standard InChI is InChI=1S/C12H8BrCl2NO2/c1-2-18-12(17)6-3-7-9(16-5-6)4-8(14)10(13)11(7)15/h3-5H,2H2,1H3. The zero-order valence-corrected chi connectivity index (χ0v) is 12.4. The Morgan fingerprint density at radius 3 is 2.83 bits per heavy atom. The Bertz CT molecular complexity index is 631. The summed E-state index contributed by atoms with van der Waals surface area (Å²) in [6.45, 7) is 2.06. The summed E-state index contributed by atoms with van der Waals surface area (Å²) in [5.41, 5.74) is 0.988. The molecule has 1 aromatic heterocycles. The average Bonchev–Trinajstić information content (AvgIpc) is 2.36. The van der Waals surface area contributed by atoms with Crippen LogP contribution >= 0.6 is 39.1 Å². The molecule has 0 N–H and O–H groups in total. The molecule has 0 aliphatic heterocycles. The number of benzene rings is 1. The molecule has 2 aromatic rings. The number of rotatable bonds is 2. The molecule has 0 saturated carbocycles. The minimum absolute atomic E-state index is 0.314. The lowest BCUT2D eigenvalue weighted by Gasteiger charge is -2.07. The fraction of sp³-hybridized carbons (Fsp3) is 0.167. The van der Waals surface area contributed by atoms with E-state index in [-0.39, 0.29) is 0 Å². The predicted molar refractivity (Wildman–Crippen MR) is 75.4 cm³/mol. The molecular weight excluding hydrogens is 341 g/mol. The van der Waals surface area contributed by atoms with Gasteiger partial charge in [0.2, 0.25) is 0 Å². The van der Waals surface area contributed by atoms with Gasteiger partial charge in [-0.3, -0.25) is 4.98 Å². The van der Waals surface area contributed by atoms with E-state index in [9.17, 15) is 4.79 Å². The highest BCUT2D eigenvalue weighted by Crippen LogP contribution is 2.36. The zero-order chi connectivity index (χ0) is 13.3. The van der Waals surface area contributed by atoms with Crippen molar-refractivity contribution in [3.63, 3.8) is 0 Å². The summed E-state index contributed by atoms with van der Waals surface area (Å²) in [7, 11) is 0. The summed E-state index contributed by atoms with van der Waals surface area (Å²) < 4.78 is 5.50. The molecule has 0 saturated heterocycles. The quantitative estimate of drug-likeness (QED) is 0.593. The molecule has 0 atom stereocenters. The largest absolute Gasteiger partial charge is 0.462 e. The maximum absolute atomic E-state index is 11.6. The Morgan fingerprint density at radius 2 is 2.17 bits per heavy atom. The molecular formula is C12H8BrCl2NO2. The van der Waals surface area contributed by atoms with Crippen molar-refractivity contribution in [2.24, 2.45) is 0 Å². The van der Waals surface area contributed by atoms with Crippen LogP contribution < -0.4 is 0 Å². The maximum atomic E-state index is 11.6. The Kier molecular flexibility index (Phi) is 4.10. The molecule has 1 aromatic carbocycles. The molecule has 2 rings (SSSR count). The van der Waals surface area contributed by atoms with Crippen LogP contribution in [0.5, 0.6) is 0 Å². The van der Waals surface area contributed by atoms with E-state index >= 15 is 0 Å². The van der Waals surface area contributed by atoms with Crippen LogP contribution in [0.1, 0.15) is 17.3 Å². The second-order valence-electron chi connectivity index (χ2n) is 3.50. The molecule has 6 heteroatoms. The highest BCUT2D eigenvalue weighted by molar-refractivity contribution is 9.10. The number of carbonyl (C=O) groups is 1. The van der Waals surface area contributed by atoms with E-state index in [0.29, 0.717) is 37.6 Å². The summed E-state index contributed by atoms with van der Waals surface area (Å²) in [5, 5.41) is 1.55. The van der Waals surface area contributed by atoms with Gasteiger partial charge in [0.15, 0.2) is 0 Å². The predicted octanol–water partition coefficient (Wildman–Crippen LogP) is 4.48. The van der Waals surface area contributed by atoms with Gasteiger partial charge in [-0.25, -0.2) is 4.79 Å². The summed E-state index contributed by atoms with van der Waals surface area (Å²) >= 11 is 15.4. The highest BCUT2D eigenvalue weighted by atomic mass is 79.9. The number of hydrogen-bond donors (Lipinski definition) is 0. The normalized spacial score (nSPS) is 10.7. The summed E-state index contributed by atoms with van der Waals surface area (Å²) in [6.07, 6.45) is 1.45. The number of nitrogens with zero attached hydrogens (tertiary/aromatic N) is 1. The molecule has 0 aliphatic carbocycles. The van der Waals surface area contributed by atoms with Crippen molar-refractivity contribution in [2.45, 2.75) is 6.92 Å². The van der Waals surface area contributed by atoms with Crippen LogP contribution in [-0.4, -0.2) is 17.6 Å².